The number of hydrogen-bond acceptors (Lipinski definition) is 4. The SMILES string of the molecule is Cn1c(-c2cccc(F)c2)nc2c(C(F)(F)F)nc(NCCc3ccccc3)nc21. The van der Waals surface area contributed by atoms with Crippen molar-refractivity contribution >= 4 is 17.1 Å². The van der Waals surface area contributed by atoms with Crippen molar-refractivity contribution in [1.82, 2.24) is 19.5 Å². The van der Waals surface area contributed by atoms with Crippen molar-refractivity contribution in [2.75, 3.05) is 11.9 Å². The van der Waals surface area contributed by atoms with Crippen LogP contribution >= 0.6 is 0 Å². The number of halogens is 4. The van der Waals surface area contributed by atoms with Crippen molar-refractivity contribution in [2.24, 2.45) is 7.05 Å². The Labute approximate surface area is 169 Å². The molecule has 30 heavy (non-hydrogen) atoms. The second-order valence-electron chi connectivity index (χ2n) is 6.73. The highest BCUT2D eigenvalue weighted by molar-refractivity contribution is 5.80. The molecule has 0 fully saturated rings. The summed E-state index contributed by atoms with van der Waals surface area (Å²) in [5.41, 5.74) is -0.108. The Kier molecular flexibility index (Phi) is 5.11. The molecule has 2 aromatic carbocycles. The van der Waals surface area contributed by atoms with Crippen LogP contribution in [0.4, 0.5) is 23.5 Å². The van der Waals surface area contributed by atoms with Gasteiger partial charge in [0.25, 0.3) is 0 Å². The summed E-state index contributed by atoms with van der Waals surface area (Å²) in [6, 6.07) is 15.0. The molecule has 0 bridgehead atoms. The molecule has 2 aromatic heterocycles. The van der Waals surface area contributed by atoms with Crippen LogP contribution in [0.15, 0.2) is 54.6 Å². The van der Waals surface area contributed by atoms with Crippen LogP contribution in [0.1, 0.15) is 11.3 Å². The van der Waals surface area contributed by atoms with E-state index in [0.717, 1.165) is 5.56 Å². The van der Waals surface area contributed by atoms with Crippen molar-refractivity contribution in [2.45, 2.75) is 12.6 Å². The lowest BCUT2D eigenvalue weighted by atomic mass is 10.1. The molecule has 4 aromatic rings. The van der Waals surface area contributed by atoms with E-state index in [-0.39, 0.29) is 22.9 Å². The maximum Gasteiger partial charge on any atom is 0.435 e. The van der Waals surface area contributed by atoms with Gasteiger partial charge >= 0.3 is 6.18 Å². The summed E-state index contributed by atoms with van der Waals surface area (Å²) in [6.07, 6.45) is -4.12. The van der Waals surface area contributed by atoms with E-state index in [1.54, 1.807) is 6.07 Å². The molecule has 5 nitrogen and oxygen atoms in total. The number of imidazole rings is 1. The van der Waals surface area contributed by atoms with Gasteiger partial charge in [0.15, 0.2) is 11.3 Å². The molecule has 0 radical (unpaired) electrons. The minimum absolute atomic E-state index is 0.0128. The fraction of sp³-hybridized carbons (Fsp3) is 0.190. The lowest BCUT2D eigenvalue weighted by Crippen LogP contribution is -2.14. The first-order valence-corrected chi connectivity index (χ1v) is 9.18. The summed E-state index contributed by atoms with van der Waals surface area (Å²) in [7, 11) is 1.54. The van der Waals surface area contributed by atoms with Gasteiger partial charge in [-0.15, -0.1) is 0 Å². The van der Waals surface area contributed by atoms with Crippen LogP contribution in [0, 0.1) is 5.82 Å². The number of hydrogen-bond donors (Lipinski definition) is 1. The van der Waals surface area contributed by atoms with Gasteiger partial charge in [0.05, 0.1) is 0 Å². The summed E-state index contributed by atoms with van der Waals surface area (Å²) in [5.74, 6) is -0.477. The normalized spacial score (nSPS) is 11.8. The Bertz CT molecular complexity index is 1190. The lowest BCUT2D eigenvalue weighted by molar-refractivity contribution is -0.139. The number of alkyl halides is 3. The molecular formula is C21H17F4N5. The second kappa shape index (κ2) is 7.74. The van der Waals surface area contributed by atoms with E-state index in [2.05, 4.69) is 20.3 Å². The zero-order valence-corrected chi connectivity index (χ0v) is 15.9. The van der Waals surface area contributed by atoms with Gasteiger partial charge in [-0.25, -0.2) is 14.4 Å². The Balaban J connectivity index is 1.73. The van der Waals surface area contributed by atoms with Gasteiger partial charge in [0.1, 0.15) is 17.2 Å². The van der Waals surface area contributed by atoms with Gasteiger partial charge in [0.2, 0.25) is 5.95 Å². The van der Waals surface area contributed by atoms with E-state index in [0.29, 0.717) is 18.5 Å². The Morgan fingerprint density at radius 1 is 0.967 bits per heavy atom. The fourth-order valence-electron chi connectivity index (χ4n) is 3.19. The molecule has 0 spiro atoms. The Morgan fingerprint density at radius 3 is 2.43 bits per heavy atom. The highest BCUT2D eigenvalue weighted by Gasteiger charge is 2.37. The quantitative estimate of drug-likeness (QED) is 0.474. The van der Waals surface area contributed by atoms with Gasteiger partial charge in [-0.3, -0.25) is 0 Å². The van der Waals surface area contributed by atoms with Crippen LogP contribution in [-0.2, 0) is 19.6 Å². The molecule has 0 aliphatic heterocycles. The molecule has 1 N–H and O–H groups in total. The third-order valence-electron chi connectivity index (χ3n) is 4.61. The van der Waals surface area contributed by atoms with Crippen molar-refractivity contribution in [3.8, 4) is 11.4 Å². The predicted octanol–water partition coefficient (Wildman–Crippen LogP) is 4.84. The number of nitrogens with zero attached hydrogens (tertiary/aromatic N) is 4. The third-order valence-corrected chi connectivity index (χ3v) is 4.61. The predicted molar refractivity (Wildman–Crippen MR) is 105 cm³/mol. The maximum atomic E-state index is 13.7. The Hall–Kier alpha value is -3.49. The van der Waals surface area contributed by atoms with Gasteiger partial charge in [0, 0.05) is 19.2 Å². The average molecular weight is 415 g/mol. The number of fused-ring (bicyclic) bond motifs is 1. The van der Waals surface area contributed by atoms with E-state index >= 15 is 0 Å². The molecule has 0 aliphatic rings. The number of rotatable bonds is 5. The summed E-state index contributed by atoms with van der Waals surface area (Å²) >= 11 is 0. The number of nitrogens with one attached hydrogen (secondary N) is 1. The first-order chi connectivity index (χ1) is 14.3. The lowest BCUT2D eigenvalue weighted by Gasteiger charge is -2.10. The van der Waals surface area contributed by atoms with Crippen LogP contribution in [0.5, 0.6) is 0 Å². The number of aryl methyl sites for hydroxylation is 1. The minimum atomic E-state index is -4.72. The maximum absolute atomic E-state index is 13.7. The van der Waals surface area contributed by atoms with Crippen LogP contribution in [0.25, 0.3) is 22.6 Å². The summed E-state index contributed by atoms with van der Waals surface area (Å²) in [4.78, 5) is 12.0. The highest BCUT2D eigenvalue weighted by atomic mass is 19.4. The largest absolute Gasteiger partial charge is 0.435 e. The highest BCUT2D eigenvalue weighted by Crippen LogP contribution is 2.35. The summed E-state index contributed by atoms with van der Waals surface area (Å²) in [5, 5.41) is 2.86. The van der Waals surface area contributed by atoms with Crippen molar-refractivity contribution in [1.29, 1.82) is 0 Å². The molecule has 9 heteroatoms. The molecule has 0 atom stereocenters. The minimum Gasteiger partial charge on any atom is -0.354 e. The van der Waals surface area contributed by atoms with E-state index in [1.807, 2.05) is 30.3 Å². The molecule has 2 heterocycles. The number of benzene rings is 2. The van der Waals surface area contributed by atoms with Crippen LogP contribution in [0.3, 0.4) is 0 Å². The molecule has 0 amide bonds. The van der Waals surface area contributed by atoms with Gasteiger partial charge < -0.3 is 9.88 Å². The topological polar surface area (TPSA) is 55.6 Å². The standard InChI is InChI=1S/C21H17F4N5/c1-30-18(14-8-5-9-15(22)12-14)27-16-17(21(23,24)25)28-20(29-19(16)30)26-11-10-13-6-3-2-4-7-13/h2-9,12H,10-11H2,1H3,(H,26,28,29). The number of anilines is 1. The molecular weight excluding hydrogens is 398 g/mol. The molecule has 0 unspecified atom stereocenters. The van der Waals surface area contributed by atoms with Crippen molar-refractivity contribution in [3.05, 3.63) is 71.7 Å². The smallest absolute Gasteiger partial charge is 0.354 e. The van der Waals surface area contributed by atoms with Crippen LogP contribution < -0.4 is 5.32 Å². The molecule has 0 aliphatic carbocycles. The monoisotopic (exact) mass is 415 g/mol. The summed E-state index contributed by atoms with van der Waals surface area (Å²) < 4.78 is 56.0. The molecule has 0 saturated heterocycles. The van der Waals surface area contributed by atoms with Crippen molar-refractivity contribution in [3.63, 3.8) is 0 Å². The van der Waals surface area contributed by atoms with Gasteiger partial charge in [-0.2, -0.15) is 18.2 Å². The van der Waals surface area contributed by atoms with E-state index in [9.17, 15) is 17.6 Å². The fourth-order valence-corrected chi connectivity index (χ4v) is 3.19. The van der Waals surface area contributed by atoms with E-state index < -0.39 is 17.7 Å². The Morgan fingerprint density at radius 2 is 1.73 bits per heavy atom. The van der Waals surface area contributed by atoms with Crippen molar-refractivity contribution < 1.29 is 17.6 Å². The van der Waals surface area contributed by atoms with E-state index in [1.165, 1.54) is 29.8 Å². The molecule has 4 rings (SSSR count). The zero-order chi connectivity index (χ0) is 21.3. The number of aromatic nitrogens is 4. The van der Waals surface area contributed by atoms with Crippen LogP contribution in [0.2, 0.25) is 0 Å². The zero-order valence-electron chi connectivity index (χ0n) is 15.9. The average Bonchev–Trinajstić information content (AvgIpc) is 3.04. The van der Waals surface area contributed by atoms with Gasteiger partial charge in [-0.05, 0) is 24.1 Å². The van der Waals surface area contributed by atoms with E-state index in [4.69, 9.17) is 0 Å². The van der Waals surface area contributed by atoms with Gasteiger partial charge in [-0.1, -0.05) is 42.5 Å². The molecule has 0 saturated carbocycles. The first kappa shape index (κ1) is 19.8. The van der Waals surface area contributed by atoms with Crippen LogP contribution in [-0.4, -0.2) is 26.1 Å². The first-order valence-electron chi connectivity index (χ1n) is 9.18. The second-order valence-corrected chi connectivity index (χ2v) is 6.73. The third kappa shape index (κ3) is 3.96. The molecule has 154 valence electrons. The summed E-state index contributed by atoms with van der Waals surface area (Å²) in [6.45, 7) is 0.363.